The standard InChI is InChI=1S/C21H25F2NO4/c1-4-21(2,3)20(26)24-11-14-5-6-16-10-17(8-7-15(16)9-14)27-13-19(25)28-12-18(22)23/h5-10,18H,4,11-13H2,1-3H3,(H,24,26). The molecule has 0 aliphatic carbocycles. The second kappa shape index (κ2) is 9.48. The Morgan fingerprint density at radius 1 is 1.11 bits per heavy atom. The molecule has 0 radical (unpaired) electrons. The largest absolute Gasteiger partial charge is 0.482 e. The van der Waals surface area contributed by atoms with Gasteiger partial charge >= 0.3 is 5.97 Å². The number of esters is 1. The van der Waals surface area contributed by atoms with Crippen LogP contribution in [0.1, 0.15) is 32.8 Å². The summed E-state index contributed by atoms with van der Waals surface area (Å²) in [5, 5.41) is 4.79. The third kappa shape index (κ3) is 6.18. The minimum Gasteiger partial charge on any atom is -0.482 e. The molecular formula is C21H25F2NO4. The second-order valence-electron chi connectivity index (χ2n) is 7.13. The molecule has 0 spiro atoms. The van der Waals surface area contributed by atoms with Crippen LogP contribution < -0.4 is 10.1 Å². The Bertz CT molecular complexity index is 836. The number of fused-ring (bicyclic) bond motifs is 1. The van der Waals surface area contributed by atoms with E-state index >= 15 is 0 Å². The van der Waals surface area contributed by atoms with Gasteiger partial charge < -0.3 is 14.8 Å². The maximum atomic E-state index is 12.2. The van der Waals surface area contributed by atoms with E-state index < -0.39 is 31.0 Å². The zero-order chi connectivity index (χ0) is 20.7. The molecule has 0 aromatic heterocycles. The van der Waals surface area contributed by atoms with Crippen molar-refractivity contribution in [1.82, 2.24) is 5.32 Å². The molecule has 5 nitrogen and oxygen atoms in total. The Morgan fingerprint density at radius 2 is 1.79 bits per heavy atom. The summed E-state index contributed by atoms with van der Waals surface area (Å²) in [6.45, 7) is 4.87. The third-order valence-corrected chi connectivity index (χ3v) is 4.55. The molecule has 0 unspecified atom stereocenters. The van der Waals surface area contributed by atoms with E-state index in [0.717, 1.165) is 22.8 Å². The summed E-state index contributed by atoms with van der Waals surface area (Å²) in [7, 11) is 0. The first-order chi connectivity index (χ1) is 13.2. The van der Waals surface area contributed by atoms with Crippen LogP contribution in [0.3, 0.4) is 0 Å². The van der Waals surface area contributed by atoms with Gasteiger partial charge in [-0.25, -0.2) is 13.6 Å². The normalized spacial score (nSPS) is 11.5. The van der Waals surface area contributed by atoms with Gasteiger partial charge in [0, 0.05) is 12.0 Å². The lowest BCUT2D eigenvalue weighted by Gasteiger charge is -2.21. The van der Waals surface area contributed by atoms with Crippen molar-refractivity contribution in [2.45, 2.75) is 40.2 Å². The van der Waals surface area contributed by atoms with Crippen molar-refractivity contribution in [3.8, 4) is 5.75 Å². The Hall–Kier alpha value is -2.70. The van der Waals surface area contributed by atoms with Crippen LogP contribution >= 0.6 is 0 Å². The highest BCUT2D eigenvalue weighted by molar-refractivity contribution is 5.85. The van der Waals surface area contributed by atoms with E-state index in [0.29, 0.717) is 12.3 Å². The van der Waals surface area contributed by atoms with E-state index in [-0.39, 0.29) is 5.91 Å². The zero-order valence-corrected chi connectivity index (χ0v) is 16.3. The van der Waals surface area contributed by atoms with Gasteiger partial charge in [-0.1, -0.05) is 39.0 Å². The SMILES string of the molecule is CCC(C)(C)C(=O)NCc1ccc2cc(OCC(=O)OCC(F)F)ccc2c1. The van der Waals surface area contributed by atoms with Crippen molar-refractivity contribution in [3.05, 3.63) is 42.0 Å². The summed E-state index contributed by atoms with van der Waals surface area (Å²) in [5.74, 6) is -0.397. The summed E-state index contributed by atoms with van der Waals surface area (Å²) in [4.78, 5) is 23.5. The Morgan fingerprint density at radius 3 is 2.46 bits per heavy atom. The molecule has 0 heterocycles. The molecule has 0 bridgehead atoms. The Labute approximate surface area is 163 Å². The van der Waals surface area contributed by atoms with E-state index in [1.807, 2.05) is 45.0 Å². The van der Waals surface area contributed by atoms with Crippen molar-refractivity contribution in [2.75, 3.05) is 13.2 Å². The number of ether oxygens (including phenoxy) is 2. The van der Waals surface area contributed by atoms with Gasteiger partial charge in [0.15, 0.2) is 13.2 Å². The summed E-state index contributed by atoms with van der Waals surface area (Å²) in [6, 6.07) is 11.0. The van der Waals surface area contributed by atoms with E-state index in [2.05, 4.69) is 10.1 Å². The minimum absolute atomic E-state index is 0.0116. The number of alkyl halides is 2. The number of carbonyl (C=O) groups is 2. The van der Waals surface area contributed by atoms with Gasteiger partial charge in [-0.2, -0.15) is 0 Å². The quantitative estimate of drug-likeness (QED) is 0.652. The van der Waals surface area contributed by atoms with Crippen molar-refractivity contribution < 1.29 is 27.8 Å². The average Bonchev–Trinajstić information content (AvgIpc) is 2.68. The van der Waals surface area contributed by atoms with Gasteiger partial charge in [0.25, 0.3) is 6.43 Å². The van der Waals surface area contributed by atoms with Gasteiger partial charge in [-0.3, -0.25) is 4.79 Å². The molecule has 2 rings (SSSR count). The van der Waals surface area contributed by atoms with Crippen molar-refractivity contribution in [1.29, 1.82) is 0 Å². The maximum Gasteiger partial charge on any atom is 0.344 e. The molecule has 0 aliphatic heterocycles. The predicted molar refractivity (Wildman–Crippen MR) is 102 cm³/mol. The van der Waals surface area contributed by atoms with Gasteiger partial charge in [0.1, 0.15) is 5.75 Å². The lowest BCUT2D eigenvalue weighted by molar-refractivity contribution is -0.150. The maximum absolute atomic E-state index is 12.2. The molecular weight excluding hydrogens is 368 g/mol. The predicted octanol–water partition coefficient (Wildman–Crippen LogP) is 4.08. The number of amides is 1. The molecule has 152 valence electrons. The lowest BCUT2D eigenvalue weighted by Crippen LogP contribution is -2.35. The monoisotopic (exact) mass is 393 g/mol. The number of hydrogen-bond acceptors (Lipinski definition) is 4. The first kappa shape index (κ1) is 21.6. The summed E-state index contributed by atoms with van der Waals surface area (Å²) >= 11 is 0. The molecule has 1 amide bonds. The van der Waals surface area contributed by atoms with Crippen LogP contribution in [-0.2, 0) is 20.9 Å². The highest BCUT2D eigenvalue weighted by Gasteiger charge is 2.24. The molecule has 0 saturated heterocycles. The van der Waals surface area contributed by atoms with Crippen LogP contribution in [0.5, 0.6) is 5.75 Å². The van der Waals surface area contributed by atoms with Crippen LogP contribution in [-0.4, -0.2) is 31.5 Å². The smallest absolute Gasteiger partial charge is 0.344 e. The molecule has 0 atom stereocenters. The zero-order valence-electron chi connectivity index (χ0n) is 16.3. The number of rotatable bonds is 9. The topological polar surface area (TPSA) is 64.6 Å². The van der Waals surface area contributed by atoms with Gasteiger partial charge in [-0.15, -0.1) is 0 Å². The number of benzene rings is 2. The summed E-state index contributed by atoms with van der Waals surface area (Å²) < 4.78 is 33.6. The fraction of sp³-hybridized carbons (Fsp3) is 0.429. The van der Waals surface area contributed by atoms with Gasteiger partial charge in [0.05, 0.1) is 0 Å². The molecule has 2 aromatic rings. The third-order valence-electron chi connectivity index (χ3n) is 4.55. The lowest BCUT2D eigenvalue weighted by atomic mass is 9.89. The highest BCUT2D eigenvalue weighted by Crippen LogP contribution is 2.23. The van der Waals surface area contributed by atoms with Crippen LogP contribution in [0, 0.1) is 5.41 Å². The molecule has 2 aromatic carbocycles. The first-order valence-corrected chi connectivity index (χ1v) is 9.09. The molecule has 28 heavy (non-hydrogen) atoms. The number of halogens is 2. The molecule has 7 heteroatoms. The second-order valence-corrected chi connectivity index (χ2v) is 7.13. The highest BCUT2D eigenvalue weighted by atomic mass is 19.3. The first-order valence-electron chi connectivity index (χ1n) is 9.09. The average molecular weight is 393 g/mol. The Balaban J connectivity index is 1.96. The van der Waals surface area contributed by atoms with E-state index in [4.69, 9.17) is 4.74 Å². The Kier molecular flexibility index (Phi) is 7.31. The summed E-state index contributed by atoms with van der Waals surface area (Å²) in [6.07, 6.45) is -1.94. The molecule has 0 fully saturated rings. The van der Waals surface area contributed by atoms with E-state index in [9.17, 15) is 18.4 Å². The fourth-order valence-corrected chi connectivity index (χ4v) is 2.40. The fourth-order valence-electron chi connectivity index (χ4n) is 2.40. The molecule has 1 N–H and O–H groups in total. The number of nitrogens with one attached hydrogen (secondary N) is 1. The van der Waals surface area contributed by atoms with Crippen molar-refractivity contribution >= 4 is 22.6 Å². The van der Waals surface area contributed by atoms with Gasteiger partial charge in [0.2, 0.25) is 5.91 Å². The van der Waals surface area contributed by atoms with Crippen LogP contribution in [0.2, 0.25) is 0 Å². The summed E-state index contributed by atoms with van der Waals surface area (Å²) in [5.41, 5.74) is 0.566. The molecule has 0 saturated carbocycles. The van der Waals surface area contributed by atoms with E-state index in [1.54, 1.807) is 12.1 Å². The minimum atomic E-state index is -2.70. The van der Waals surface area contributed by atoms with E-state index in [1.165, 1.54) is 0 Å². The number of hydrogen-bond donors (Lipinski definition) is 1. The van der Waals surface area contributed by atoms with Gasteiger partial charge in [-0.05, 0) is 41.0 Å². The van der Waals surface area contributed by atoms with Crippen LogP contribution in [0.4, 0.5) is 8.78 Å². The van der Waals surface area contributed by atoms with Crippen LogP contribution in [0.15, 0.2) is 36.4 Å². The molecule has 0 aliphatic rings. The van der Waals surface area contributed by atoms with Crippen LogP contribution in [0.25, 0.3) is 10.8 Å². The number of carbonyl (C=O) groups excluding carboxylic acids is 2. The van der Waals surface area contributed by atoms with Crippen molar-refractivity contribution in [3.63, 3.8) is 0 Å². The van der Waals surface area contributed by atoms with Crippen molar-refractivity contribution in [2.24, 2.45) is 5.41 Å².